The van der Waals surface area contributed by atoms with Gasteiger partial charge >= 0.3 is 7.80 Å². The largest absolute Gasteiger partial charge is 0.372 e. The van der Waals surface area contributed by atoms with Crippen molar-refractivity contribution in [3.8, 4) is 0 Å². The van der Waals surface area contributed by atoms with Crippen molar-refractivity contribution in [3.05, 3.63) is 0 Å². The lowest BCUT2D eigenvalue weighted by atomic mass is 10.3. The molecule has 1 fully saturated rings. The predicted molar refractivity (Wildman–Crippen MR) is 50.4 cm³/mol. The molecule has 0 radical (unpaired) electrons. The van der Waals surface area contributed by atoms with Crippen LogP contribution in [-0.2, 0) is 14.1 Å². The molecule has 0 bridgehead atoms. The Labute approximate surface area is 79.0 Å². The molecule has 13 heavy (non-hydrogen) atoms. The first kappa shape index (κ1) is 10.6. The van der Waals surface area contributed by atoms with Crippen LogP contribution in [0.25, 0.3) is 0 Å². The lowest BCUT2D eigenvalue weighted by molar-refractivity contribution is -0.140. The lowest BCUT2D eigenvalue weighted by Gasteiger charge is -2.24. The molecule has 1 aliphatic heterocycles. The Balaban J connectivity index is 2.44. The SMILES string of the molecule is CO[C@H](C)C(=O)N1CC[P+](=O)CC1. The van der Waals surface area contributed by atoms with Gasteiger partial charge in [-0.25, -0.2) is 0 Å². The average Bonchev–Trinajstić information content (AvgIpc) is 2.17. The predicted octanol–water partition coefficient (Wildman–Crippen LogP) is 0.691. The highest BCUT2D eigenvalue weighted by Crippen LogP contribution is 2.24. The lowest BCUT2D eigenvalue weighted by Crippen LogP contribution is -2.43. The van der Waals surface area contributed by atoms with E-state index in [2.05, 4.69) is 0 Å². The molecule has 0 aromatic heterocycles. The summed E-state index contributed by atoms with van der Waals surface area (Å²) in [6.45, 7) is 2.96. The van der Waals surface area contributed by atoms with Crippen LogP contribution in [0.2, 0.25) is 0 Å². The fraction of sp³-hybridized carbons (Fsp3) is 0.875. The molecule has 1 aliphatic rings. The van der Waals surface area contributed by atoms with Crippen LogP contribution in [0.5, 0.6) is 0 Å². The van der Waals surface area contributed by atoms with Crippen LogP contribution in [-0.4, -0.2) is 49.4 Å². The van der Waals surface area contributed by atoms with Gasteiger partial charge in [-0.3, -0.25) is 4.79 Å². The van der Waals surface area contributed by atoms with E-state index in [0.717, 1.165) is 0 Å². The second kappa shape index (κ2) is 4.68. The zero-order chi connectivity index (χ0) is 9.84. The van der Waals surface area contributed by atoms with Gasteiger partial charge in [0.05, 0.1) is 13.1 Å². The van der Waals surface area contributed by atoms with E-state index in [0.29, 0.717) is 25.4 Å². The van der Waals surface area contributed by atoms with Crippen LogP contribution in [0.4, 0.5) is 0 Å². The fourth-order valence-corrected chi connectivity index (χ4v) is 2.42. The van der Waals surface area contributed by atoms with E-state index in [1.54, 1.807) is 11.8 Å². The minimum atomic E-state index is -1.05. The van der Waals surface area contributed by atoms with E-state index in [1.807, 2.05) is 0 Å². The Kier molecular flexibility index (Phi) is 3.82. The molecule has 1 heterocycles. The molecule has 1 saturated heterocycles. The number of carbonyl (C=O) groups is 1. The van der Waals surface area contributed by atoms with Crippen molar-refractivity contribution in [1.29, 1.82) is 0 Å². The normalized spacial score (nSPS) is 20.2. The van der Waals surface area contributed by atoms with Gasteiger partial charge in [-0.05, 0) is 6.92 Å². The number of rotatable bonds is 2. The molecule has 4 nitrogen and oxygen atoms in total. The first-order chi connectivity index (χ1) is 6.15. The number of carbonyl (C=O) groups excluding carboxylic acids is 1. The molecule has 0 unspecified atom stereocenters. The molecule has 1 atom stereocenters. The van der Waals surface area contributed by atoms with Crippen LogP contribution < -0.4 is 0 Å². The highest BCUT2D eigenvalue weighted by molar-refractivity contribution is 7.44. The number of methoxy groups -OCH3 is 1. The summed E-state index contributed by atoms with van der Waals surface area (Å²) in [7, 11) is 0.470. The molecule has 74 valence electrons. The number of hydrogen-bond acceptors (Lipinski definition) is 3. The molecule has 0 N–H and O–H groups in total. The average molecular weight is 204 g/mol. The van der Waals surface area contributed by atoms with Gasteiger partial charge in [0.15, 0.2) is 12.3 Å². The summed E-state index contributed by atoms with van der Waals surface area (Å²) in [5, 5.41) is 0. The van der Waals surface area contributed by atoms with E-state index in [4.69, 9.17) is 4.74 Å². The van der Waals surface area contributed by atoms with Crippen LogP contribution in [0.3, 0.4) is 0 Å². The standard InChI is InChI=1S/C8H15NO3P/c1-7(12-2)8(10)9-3-5-13(11)6-4-9/h7H,3-6H2,1-2H3/q+1/t7-/m1/s1. The summed E-state index contributed by atoms with van der Waals surface area (Å²) in [5.41, 5.74) is 0. The van der Waals surface area contributed by atoms with Crippen molar-refractivity contribution in [1.82, 2.24) is 4.90 Å². The fourth-order valence-electron chi connectivity index (χ4n) is 1.27. The Morgan fingerprint density at radius 1 is 1.46 bits per heavy atom. The molecule has 0 aliphatic carbocycles. The summed E-state index contributed by atoms with van der Waals surface area (Å²) < 4.78 is 16.0. The Bertz CT molecular complexity index is 209. The molecule has 0 aromatic carbocycles. The van der Waals surface area contributed by atoms with E-state index < -0.39 is 7.80 Å². The Morgan fingerprint density at radius 2 is 2.00 bits per heavy atom. The third-order valence-electron chi connectivity index (χ3n) is 2.25. The zero-order valence-electron chi connectivity index (χ0n) is 8.02. The highest BCUT2D eigenvalue weighted by atomic mass is 31.1. The Morgan fingerprint density at radius 3 is 2.46 bits per heavy atom. The van der Waals surface area contributed by atoms with Crippen molar-refractivity contribution in [2.24, 2.45) is 0 Å². The summed E-state index contributed by atoms with van der Waals surface area (Å²) in [6.07, 6.45) is 0.894. The van der Waals surface area contributed by atoms with Gasteiger partial charge in [-0.15, -0.1) is 0 Å². The quantitative estimate of drug-likeness (QED) is 0.622. The Hall–Kier alpha value is -0.470. The smallest absolute Gasteiger partial charge is 0.342 e. The maximum atomic E-state index is 11.5. The van der Waals surface area contributed by atoms with Crippen molar-refractivity contribution in [3.63, 3.8) is 0 Å². The third kappa shape index (κ3) is 2.75. The molecule has 5 heteroatoms. The van der Waals surface area contributed by atoms with Gasteiger partial charge in [0, 0.05) is 7.11 Å². The van der Waals surface area contributed by atoms with Crippen molar-refractivity contribution in [2.75, 3.05) is 32.5 Å². The number of ether oxygens (including phenoxy) is 1. The van der Waals surface area contributed by atoms with Crippen LogP contribution in [0, 0.1) is 0 Å². The van der Waals surface area contributed by atoms with Crippen LogP contribution >= 0.6 is 7.80 Å². The molecule has 0 saturated carbocycles. The minimum absolute atomic E-state index is 0.00519. The van der Waals surface area contributed by atoms with Crippen molar-refractivity contribution >= 4 is 13.7 Å². The first-order valence-corrected chi connectivity index (χ1v) is 6.02. The van der Waals surface area contributed by atoms with E-state index in [-0.39, 0.29) is 12.0 Å². The maximum absolute atomic E-state index is 11.5. The molecule has 1 rings (SSSR count). The van der Waals surface area contributed by atoms with Gasteiger partial charge in [-0.2, -0.15) is 0 Å². The third-order valence-corrected chi connectivity index (χ3v) is 3.65. The molecular formula is C8H15NO3P+. The van der Waals surface area contributed by atoms with Crippen LogP contribution in [0.1, 0.15) is 6.92 Å². The zero-order valence-corrected chi connectivity index (χ0v) is 8.92. The van der Waals surface area contributed by atoms with Gasteiger partial charge < -0.3 is 9.64 Å². The van der Waals surface area contributed by atoms with E-state index in [9.17, 15) is 9.36 Å². The second-order valence-electron chi connectivity index (χ2n) is 3.13. The van der Waals surface area contributed by atoms with Crippen molar-refractivity contribution < 1.29 is 14.1 Å². The topological polar surface area (TPSA) is 46.6 Å². The number of amides is 1. The maximum Gasteiger partial charge on any atom is 0.342 e. The summed E-state index contributed by atoms with van der Waals surface area (Å²) in [5.74, 6) is 0.00519. The first-order valence-electron chi connectivity index (χ1n) is 4.39. The molecule has 0 spiro atoms. The molecule has 0 aromatic rings. The van der Waals surface area contributed by atoms with Gasteiger partial charge in [0.1, 0.15) is 6.10 Å². The highest BCUT2D eigenvalue weighted by Gasteiger charge is 2.30. The van der Waals surface area contributed by atoms with E-state index >= 15 is 0 Å². The van der Waals surface area contributed by atoms with Crippen molar-refractivity contribution in [2.45, 2.75) is 13.0 Å². The summed E-state index contributed by atoms with van der Waals surface area (Å²) in [4.78, 5) is 13.3. The van der Waals surface area contributed by atoms with Gasteiger partial charge in [0.2, 0.25) is 0 Å². The van der Waals surface area contributed by atoms with Crippen LogP contribution in [0.15, 0.2) is 0 Å². The minimum Gasteiger partial charge on any atom is -0.372 e. The molecular weight excluding hydrogens is 189 g/mol. The van der Waals surface area contributed by atoms with E-state index in [1.165, 1.54) is 7.11 Å². The number of hydrogen-bond donors (Lipinski definition) is 0. The van der Waals surface area contributed by atoms with Gasteiger partial charge in [-0.1, -0.05) is 4.57 Å². The summed E-state index contributed by atoms with van der Waals surface area (Å²) in [6, 6.07) is 0. The number of nitrogens with zero attached hydrogens (tertiary/aromatic N) is 1. The monoisotopic (exact) mass is 204 g/mol. The molecule has 1 amide bonds. The van der Waals surface area contributed by atoms with Gasteiger partial charge in [0.25, 0.3) is 5.91 Å². The second-order valence-corrected chi connectivity index (χ2v) is 4.99. The summed E-state index contributed by atoms with van der Waals surface area (Å²) >= 11 is 0.